The number of nitrogens with one attached hydrogen (secondary N) is 1. The normalized spacial score (nSPS) is 18.6. The van der Waals surface area contributed by atoms with Gasteiger partial charge in [-0.3, -0.25) is 4.79 Å². The van der Waals surface area contributed by atoms with Crippen LogP contribution in [0.3, 0.4) is 0 Å². The molecule has 1 aromatic carbocycles. The number of carbonyl (C=O) groups is 1. The van der Waals surface area contributed by atoms with Gasteiger partial charge in [0.25, 0.3) is 5.91 Å². The molecule has 0 saturated carbocycles. The fourth-order valence-electron chi connectivity index (χ4n) is 2.60. The minimum Gasteiger partial charge on any atom is -0.484 e. The lowest BCUT2D eigenvalue weighted by Gasteiger charge is -2.34. The molecule has 1 fully saturated rings. The Morgan fingerprint density at radius 3 is 2.85 bits per heavy atom. The van der Waals surface area contributed by atoms with Gasteiger partial charge in [0.05, 0.1) is 0 Å². The van der Waals surface area contributed by atoms with E-state index in [1.807, 2.05) is 35.2 Å². The summed E-state index contributed by atoms with van der Waals surface area (Å²) in [6, 6.07) is 9.82. The number of amides is 1. The molecule has 0 aromatic heterocycles. The van der Waals surface area contributed by atoms with E-state index in [2.05, 4.69) is 12.2 Å². The van der Waals surface area contributed by atoms with Crippen LogP contribution in [0, 0.1) is 0 Å². The minimum atomic E-state index is 0.0874. The van der Waals surface area contributed by atoms with E-state index in [1.54, 1.807) is 0 Å². The van der Waals surface area contributed by atoms with Gasteiger partial charge < -0.3 is 15.0 Å². The van der Waals surface area contributed by atoms with Gasteiger partial charge in [0.2, 0.25) is 0 Å². The number of rotatable bonds is 6. The molecule has 20 heavy (non-hydrogen) atoms. The van der Waals surface area contributed by atoms with Gasteiger partial charge >= 0.3 is 0 Å². The molecule has 1 aliphatic rings. The second-order valence-electron chi connectivity index (χ2n) is 5.19. The molecular formula is C16H24N2O2. The maximum Gasteiger partial charge on any atom is 0.260 e. The number of benzene rings is 1. The van der Waals surface area contributed by atoms with Crippen molar-refractivity contribution in [3.8, 4) is 5.75 Å². The standard InChI is InChI=1S/C16H24N2O2/c1-2-11-18(14-7-6-10-17-12-14)16(19)13-20-15-8-4-3-5-9-15/h3-5,8-9,14,17H,2,6-7,10-13H2,1H3. The summed E-state index contributed by atoms with van der Waals surface area (Å²) in [6.07, 6.45) is 3.20. The summed E-state index contributed by atoms with van der Waals surface area (Å²) in [5.41, 5.74) is 0. The van der Waals surface area contributed by atoms with Crippen molar-refractivity contribution in [3.63, 3.8) is 0 Å². The Labute approximate surface area is 121 Å². The highest BCUT2D eigenvalue weighted by atomic mass is 16.5. The quantitative estimate of drug-likeness (QED) is 0.864. The van der Waals surface area contributed by atoms with Crippen LogP contribution in [-0.2, 0) is 4.79 Å². The second kappa shape index (κ2) is 7.90. The zero-order valence-corrected chi connectivity index (χ0v) is 12.2. The highest BCUT2D eigenvalue weighted by molar-refractivity contribution is 5.78. The Morgan fingerprint density at radius 2 is 2.20 bits per heavy atom. The van der Waals surface area contributed by atoms with E-state index < -0.39 is 0 Å². The molecule has 0 radical (unpaired) electrons. The SMILES string of the molecule is CCCN(C(=O)COc1ccccc1)C1CCCNC1. The van der Waals surface area contributed by atoms with Crippen molar-refractivity contribution in [3.05, 3.63) is 30.3 Å². The summed E-state index contributed by atoms with van der Waals surface area (Å²) in [4.78, 5) is 14.4. The van der Waals surface area contributed by atoms with Crippen LogP contribution in [0.15, 0.2) is 30.3 Å². The average molecular weight is 276 g/mol. The van der Waals surface area contributed by atoms with Crippen LogP contribution in [-0.4, -0.2) is 43.1 Å². The van der Waals surface area contributed by atoms with Crippen LogP contribution < -0.4 is 10.1 Å². The Bertz CT molecular complexity index is 402. The number of ether oxygens (including phenoxy) is 1. The van der Waals surface area contributed by atoms with Gasteiger partial charge in [-0.05, 0) is 37.9 Å². The molecule has 1 aromatic rings. The van der Waals surface area contributed by atoms with Crippen LogP contribution >= 0.6 is 0 Å². The lowest BCUT2D eigenvalue weighted by atomic mass is 10.1. The molecule has 4 heteroatoms. The summed E-state index contributed by atoms with van der Waals surface area (Å²) in [7, 11) is 0. The van der Waals surface area contributed by atoms with Crippen molar-refractivity contribution in [2.75, 3.05) is 26.2 Å². The summed E-state index contributed by atoms with van der Waals surface area (Å²) >= 11 is 0. The zero-order chi connectivity index (χ0) is 14.2. The Morgan fingerprint density at radius 1 is 1.40 bits per heavy atom. The van der Waals surface area contributed by atoms with Crippen LogP contribution in [0.4, 0.5) is 0 Å². The Kier molecular flexibility index (Phi) is 5.87. The highest BCUT2D eigenvalue weighted by Crippen LogP contribution is 2.13. The Balaban J connectivity index is 1.89. The van der Waals surface area contributed by atoms with Gasteiger partial charge in [0.1, 0.15) is 5.75 Å². The summed E-state index contributed by atoms with van der Waals surface area (Å²) < 4.78 is 5.57. The molecule has 2 rings (SSSR count). The minimum absolute atomic E-state index is 0.0874. The number of hydrogen-bond donors (Lipinski definition) is 1. The number of para-hydroxylation sites is 1. The second-order valence-corrected chi connectivity index (χ2v) is 5.19. The third kappa shape index (κ3) is 4.23. The van der Waals surface area contributed by atoms with Crippen molar-refractivity contribution in [1.29, 1.82) is 0 Å². The van der Waals surface area contributed by atoms with Gasteiger partial charge in [-0.25, -0.2) is 0 Å². The molecule has 1 amide bonds. The van der Waals surface area contributed by atoms with Gasteiger partial charge in [0.15, 0.2) is 6.61 Å². The van der Waals surface area contributed by atoms with E-state index in [9.17, 15) is 4.79 Å². The predicted molar refractivity (Wildman–Crippen MR) is 79.8 cm³/mol. The molecule has 1 unspecified atom stereocenters. The first-order valence-corrected chi connectivity index (χ1v) is 7.49. The number of nitrogens with zero attached hydrogens (tertiary/aromatic N) is 1. The molecule has 1 heterocycles. The van der Waals surface area contributed by atoms with Crippen LogP contribution in [0.25, 0.3) is 0 Å². The van der Waals surface area contributed by atoms with Crippen molar-refractivity contribution >= 4 is 5.91 Å². The van der Waals surface area contributed by atoms with E-state index in [4.69, 9.17) is 4.74 Å². The van der Waals surface area contributed by atoms with E-state index in [0.29, 0.717) is 6.04 Å². The summed E-state index contributed by atoms with van der Waals surface area (Å²) in [5.74, 6) is 0.837. The largest absolute Gasteiger partial charge is 0.484 e. The molecule has 0 bridgehead atoms. The first-order chi connectivity index (χ1) is 9.81. The first kappa shape index (κ1) is 14.9. The first-order valence-electron chi connectivity index (χ1n) is 7.49. The van der Waals surface area contributed by atoms with Crippen LogP contribution in [0.2, 0.25) is 0 Å². The Hall–Kier alpha value is -1.55. The lowest BCUT2D eigenvalue weighted by Crippen LogP contribution is -2.50. The van der Waals surface area contributed by atoms with Gasteiger partial charge in [-0.15, -0.1) is 0 Å². The zero-order valence-electron chi connectivity index (χ0n) is 12.2. The molecule has 1 saturated heterocycles. The third-order valence-corrected chi connectivity index (χ3v) is 3.60. The van der Waals surface area contributed by atoms with E-state index in [1.165, 1.54) is 0 Å². The van der Waals surface area contributed by atoms with Crippen LogP contribution in [0.5, 0.6) is 5.75 Å². The van der Waals surface area contributed by atoms with E-state index >= 15 is 0 Å². The number of carbonyl (C=O) groups excluding carboxylic acids is 1. The molecule has 4 nitrogen and oxygen atoms in total. The summed E-state index contributed by atoms with van der Waals surface area (Å²) in [5, 5.41) is 3.37. The molecular weight excluding hydrogens is 252 g/mol. The predicted octanol–water partition coefficient (Wildman–Crippen LogP) is 2.06. The molecule has 1 aliphatic heterocycles. The molecule has 0 spiro atoms. The monoisotopic (exact) mass is 276 g/mol. The van der Waals surface area contributed by atoms with Gasteiger partial charge in [0, 0.05) is 19.1 Å². The molecule has 1 atom stereocenters. The average Bonchev–Trinajstić information content (AvgIpc) is 2.52. The third-order valence-electron chi connectivity index (χ3n) is 3.60. The summed E-state index contributed by atoms with van der Waals surface area (Å²) in [6.45, 7) is 5.00. The molecule has 1 N–H and O–H groups in total. The van der Waals surface area contributed by atoms with Crippen molar-refractivity contribution in [2.24, 2.45) is 0 Å². The van der Waals surface area contributed by atoms with Crippen molar-refractivity contribution in [2.45, 2.75) is 32.2 Å². The van der Waals surface area contributed by atoms with Gasteiger partial charge in [-0.2, -0.15) is 0 Å². The topological polar surface area (TPSA) is 41.6 Å². The van der Waals surface area contributed by atoms with E-state index in [0.717, 1.165) is 44.6 Å². The number of piperidine rings is 1. The highest BCUT2D eigenvalue weighted by Gasteiger charge is 2.24. The van der Waals surface area contributed by atoms with Crippen LogP contribution in [0.1, 0.15) is 26.2 Å². The number of hydrogen-bond acceptors (Lipinski definition) is 3. The smallest absolute Gasteiger partial charge is 0.260 e. The molecule has 110 valence electrons. The fraction of sp³-hybridized carbons (Fsp3) is 0.562. The van der Waals surface area contributed by atoms with Gasteiger partial charge in [-0.1, -0.05) is 25.1 Å². The van der Waals surface area contributed by atoms with Crippen molar-refractivity contribution in [1.82, 2.24) is 10.2 Å². The van der Waals surface area contributed by atoms with Crippen molar-refractivity contribution < 1.29 is 9.53 Å². The maximum atomic E-state index is 12.4. The fourth-order valence-corrected chi connectivity index (χ4v) is 2.60. The lowest BCUT2D eigenvalue weighted by molar-refractivity contribution is -0.136. The maximum absolute atomic E-state index is 12.4. The van der Waals surface area contributed by atoms with E-state index in [-0.39, 0.29) is 12.5 Å². The molecule has 0 aliphatic carbocycles.